The number of carbonyl (C=O) groups is 3. The van der Waals surface area contributed by atoms with Gasteiger partial charge < -0.3 is 25.2 Å². The molecule has 0 spiro atoms. The van der Waals surface area contributed by atoms with Gasteiger partial charge in [-0.15, -0.1) is 0 Å². The largest absolute Gasteiger partial charge is 0.497 e. The van der Waals surface area contributed by atoms with Crippen LogP contribution in [0.5, 0.6) is 5.75 Å². The third-order valence-electron chi connectivity index (χ3n) is 14.1. The number of hydrogen-bond donors (Lipinski definition) is 4. The number of anilines is 1. The number of Topliss-reactive ketones (excluding diaryl/α,β-unsaturated/α-hetero) is 1. The fourth-order valence-electron chi connectivity index (χ4n) is 10.2. The minimum Gasteiger partial charge on any atom is -0.497 e. The van der Waals surface area contributed by atoms with Gasteiger partial charge in [0.15, 0.2) is 0 Å². The molecule has 7 aromatic carbocycles. The second-order valence-electron chi connectivity index (χ2n) is 18.8. The van der Waals surface area contributed by atoms with E-state index in [4.69, 9.17) is 9.47 Å². The zero-order valence-corrected chi connectivity index (χ0v) is 41.1. The van der Waals surface area contributed by atoms with Crippen LogP contribution in [-0.4, -0.2) is 49.2 Å². The molecule has 370 valence electrons. The topological polar surface area (TPSA) is 126 Å². The Morgan fingerprint density at radius 1 is 0.667 bits per heavy atom. The van der Waals surface area contributed by atoms with Gasteiger partial charge >= 0.3 is 6.09 Å². The van der Waals surface area contributed by atoms with Crippen molar-refractivity contribution in [3.8, 4) is 16.9 Å². The molecule has 9 nitrogen and oxygen atoms in total. The lowest BCUT2D eigenvalue weighted by molar-refractivity contribution is -0.123. The van der Waals surface area contributed by atoms with Gasteiger partial charge in [-0.25, -0.2) is 9.18 Å². The smallest absolute Gasteiger partial charge is 0.407 e. The Bertz CT molecular complexity index is 2770. The number of aliphatic hydroxyl groups is 1. The number of hydrogen-bond acceptors (Lipinski definition) is 7. The lowest BCUT2D eigenvalue weighted by Crippen LogP contribution is -2.45. The van der Waals surface area contributed by atoms with Crippen molar-refractivity contribution in [2.75, 3.05) is 25.6 Å². The van der Waals surface area contributed by atoms with Crippen molar-refractivity contribution in [1.29, 1.82) is 0 Å². The van der Waals surface area contributed by atoms with Crippen LogP contribution < -0.4 is 20.7 Å². The van der Waals surface area contributed by atoms with Crippen LogP contribution >= 0.6 is 0 Å². The van der Waals surface area contributed by atoms with E-state index in [0.717, 1.165) is 68.7 Å². The van der Waals surface area contributed by atoms with Gasteiger partial charge in [-0.1, -0.05) is 159 Å². The number of unbranched alkanes of at least 4 members (excludes halogenated alkanes) is 1. The van der Waals surface area contributed by atoms with Crippen molar-refractivity contribution in [3.05, 3.63) is 227 Å². The van der Waals surface area contributed by atoms with Crippen LogP contribution in [0, 0.1) is 17.7 Å². The Morgan fingerprint density at radius 3 is 1.83 bits per heavy atom. The number of methoxy groups -OCH3 is 1. The summed E-state index contributed by atoms with van der Waals surface area (Å²) in [6.07, 6.45) is 2.44. The number of alkyl carbamates (subject to hydrolysis) is 1. The number of fused-ring (bicyclic) bond motifs is 3. The molecular weight excluding hydrogens is 902 g/mol. The maximum Gasteiger partial charge on any atom is 0.407 e. The van der Waals surface area contributed by atoms with Crippen molar-refractivity contribution in [1.82, 2.24) is 10.6 Å². The molecule has 4 N–H and O–H groups in total. The summed E-state index contributed by atoms with van der Waals surface area (Å²) in [5, 5.41) is 19.7. The zero-order valence-electron chi connectivity index (χ0n) is 41.1. The van der Waals surface area contributed by atoms with Crippen LogP contribution in [0.3, 0.4) is 0 Å². The molecule has 10 heteroatoms. The Kier molecular flexibility index (Phi) is 17.4. The van der Waals surface area contributed by atoms with Crippen LogP contribution in [0.25, 0.3) is 11.1 Å². The van der Waals surface area contributed by atoms with Gasteiger partial charge in [0.1, 0.15) is 24.0 Å². The molecule has 1 aliphatic rings. The van der Waals surface area contributed by atoms with Gasteiger partial charge in [0.2, 0.25) is 5.91 Å². The molecule has 0 aromatic heterocycles. The van der Waals surface area contributed by atoms with E-state index >= 15 is 0 Å². The summed E-state index contributed by atoms with van der Waals surface area (Å²) in [5.41, 5.74) is 9.17. The molecular formula is C62H64FN3O6. The Labute approximate surface area is 422 Å². The van der Waals surface area contributed by atoms with Crippen LogP contribution in [0.2, 0.25) is 0 Å². The van der Waals surface area contributed by atoms with Crippen molar-refractivity contribution in [2.45, 2.75) is 76.0 Å². The van der Waals surface area contributed by atoms with E-state index in [1.165, 1.54) is 12.1 Å². The molecule has 2 amide bonds. The molecule has 8 rings (SSSR count). The monoisotopic (exact) mass is 965 g/mol. The number of halogens is 1. The molecule has 0 bridgehead atoms. The predicted octanol–water partition coefficient (Wildman–Crippen LogP) is 12.2. The van der Waals surface area contributed by atoms with Crippen molar-refractivity contribution >= 4 is 23.5 Å². The van der Waals surface area contributed by atoms with E-state index in [1.54, 1.807) is 43.5 Å². The lowest BCUT2D eigenvalue weighted by atomic mass is 9.77. The fourth-order valence-corrected chi connectivity index (χ4v) is 10.2. The zero-order chi connectivity index (χ0) is 50.3. The SMILES string of the molecule is COc1ccc(C(NCCCCC(C(=O)Nc2ccc(CO)cc2)C(C)CCC(=O)CC(Cc2ccc(F)cc2)NC(=O)OCC2c3ccccc3-c3ccccc32)(c2ccccc2)c2ccccc2)cc1. The number of carbonyl (C=O) groups excluding carboxylic acids is 3. The lowest BCUT2D eigenvalue weighted by Gasteiger charge is -2.37. The number of ether oxygens (including phenoxy) is 2. The third-order valence-corrected chi connectivity index (χ3v) is 14.1. The highest BCUT2D eigenvalue weighted by Crippen LogP contribution is 2.44. The summed E-state index contributed by atoms with van der Waals surface area (Å²) in [6.45, 7) is 2.69. The van der Waals surface area contributed by atoms with Crippen LogP contribution in [0.4, 0.5) is 14.9 Å². The standard InChI is InChI=1S/C62H64FN3O6/c1-43(24-35-52(68)40-51(39-44-25-31-49(63)32-26-44)66-61(70)72-42-59-57-22-11-9-20-55(57)56-21-10-12-23-58(56)59)54(60(69)65-50-33-27-45(41-67)28-34-50)19-13-14-38-64-62(46-15-5-3-6-16-46,47-17-7-4-8-18-47)48-29-36-53(71-2)37-30-48/h3-12,15-18,20-23,25-34,36-37,43,51,54,59,64,67H,13-14,19,24,35,38-42H2,1-2H3,(H,65,69)(H,66,70). The molecule has 1 aliphatic carbocycles. The second kappa shape index (κ2) is 24.6. The fraction of sp³-hybridized carbons (Fsp3) is 0.274. The minimum absolute atomic E-state index is 0.0345. The highest BCUT2D eigenvalue weighted by molar-refractivity contribution is 5.92. The number of nitrogens with one attached hydrogen (secondary N) is 3. The average molecular weight is 966 g/mol. The number of benzene rings is 7. The number of aliphatic hydroxyl groups excluding tert-OH is 1. The second-order valence-corrected chi connectivity index (χ2v) is 18.8. The first-order chi connectivity index (χ1) is 35.1. The maximum atomic E-state index is 14.2. The molecule has 0 radical (unpaired) electrons. The summed E-state index contributed by atoms with van der Waals surface area (Å²) in [6, 6.07) is 57.8. The Morgan fingerprint density at radius 2 is 1.24 bits per heavy atom. The molecule has 0 saturated carbocycles. The van der Waals surface area contributed by atoms with E-state index in [9.17, 15) is 23.9 Å². The van der Waals surface area contributed by atoms with Gasteiger partial charge in [-0.2, -0.15) is 0 Å². The molecule has 0 aliphatic heterocycles. The quantitative estimate of drug-likeness (QED) is 0.0351. The minimum atomic E-state index is -0.672. The first kappa shape index (κ1) is 51.0. The van der Waals surface area contributed by atoms with E-state index in [1.807, 2.05) is 55.5 Å². The summed E-state index contributed by atoms with van der Waals surface area (Å²) in [7, 11) is 1.66. The van der Waals surface area contributed by atoms with Crippen molar-refractivity contribution < 1.29 is 33.4 Å². The highest BCUT2D eigenvalue weighted by Gasteiger charge is 2.36. The molecule has 7 aromatic rings. The normalized spacial score (nSPS) is 13.3. The van der Waals surface area contributed by atoms with Gasteiger partial charge in [0, 0.05) is 36.4 Å². The summed E-state index contributed by atoms with van der Waals surface area (Å²) in [4.78, 5) is 41.8. The van der Waals surface area contributed by atoms with Gasteiger partial charge in [-0.05, 0) is 125 Å². The molecule has 0 saturated heterocycles. The number of amides is 2. The summed E-state index contributed by atoms with van der Waals surface area (Å²) < 4.78 is 25.4. The predicted molar refractivity (Wildman–Crippen MR) is 282 cm³/mol. The van der Waals surface area contributed by atoms with E-state index in [2.05, 4.69) is 101 Å². The maximum absolute atomic E-state index is 14.2. The highest BCUT2D eigenvalue weighted by atomic mass is 19.1. The van der Waals surface area contributed by atoms with Gasteiger partial charge in [0.05, 0.1) is 19.3 Å². The van der Waals surface area contributed by atoms with Gasteiger partial charge in [-0.3, -0.25) is 14.9 Å². The van der Waals surface area contributed by atoms with E-state index in [0.29, 0.717) is 31.5 Å². The summed E-state index contributed by atoms with van der Waals surface area (Å²) >= 11 is 0. The van der Waals surface area contributed by atoms with Crippen LogP contribution in [0.15, 0.2) is 182 Å². The number of ketones is 1. The molecule has 0 heterocycles. The molecule has 3 unspecified atom stereocenters. The molecule has 72 heavy (non-hydrogen) atoms. The van der Waals surface area contributed by atoms with E-state index in [-0.39, 0.29) is 55.4 Å². The third kappa shape index (κ3) is 12.5. The van der Waals surface area contributed by atoms with Crippen molar-refractivity contribution in [3.63, 3.8) is 0 Å². The first-order valence-electron chi connectivity index (χ1n) is 25.0. The van der Waals surface area contributed by atoms with Crippen molar-refractivity contribution in [2.24, 2.45) is 11.8 Å². The molecule has 0 fully saturated rings. The molecule has 3 atom stereocenters. The Hall–Kier alpha value is -7.40. The summed E-state index contributed by atoms with van der Waals surface area (Å²) in [5.74, 6) is -0.509. The first-order valence-corrected chi connectivity index (χ1v) is 25.0. The van der Waals surface area contributed by atoms with Gasteiger partial charge in [0.25, 0.3) is 0 Å². The number of rotatable bonds is 24. The van der Waals surface area contributed by atoms with Crippen LogP contribution in [-0.2, 0) is 32.9 Å². The Balaban J connectivity index is 0.933. The van der Waals surface area contributed by atoms with Crippen LogP contribution in [0.1, 0.15) is 90.3 Å². The average Bonchev–Trinajstić information content (AvgIpc) is 3.74. The van der Waals surface area contributed by atoms with E-state index < -0.39 is 23.6 Å².